The van der Waals surface area contributed by atoms with Crippen LogP contribution in [0, 0.1) is 0 Å². The summed E-state index contributed by atoms with van der Waals surface area (Å²) in [5, 5.41) is 9.18. The lowest BCUT2D eigenvalue weighted by atomic mass is 10.0. The topological polar surface area (TPSA) is 34.1 Å². The van der Waals surface area contributed by atoms with Crippen LogP contribution >= 0.6 is 11.3 Å². The van der Waals surface area contributed by atoms with E-state index in [4.69, 9.17) is 9.72 Å². The van der Waals surface area contributed by atoms with Crippen molar-refractivity contribution in [2.24, 2.45) is 0 Å². The summed E-state index contributed by atoms with van der Waals surface area (Å²) in [6.07, 6.45) is 5.30. The van der Waals surface area contributed by atoms with Crippen LogP contribution in [0.3, 0.4) is 0 Å². The molecule has 1 saturated carbocycles. The van der Waals surface area contributed by atoms with E-state index in [9.17, 15) is 0 Å². The number of hydrogen-bond acceptors (Lipinski definition) is 4. The number of nitrogens with zero attached hydrogens (tertiary/aromatic N) is 1. The molecular formula is C20H22N2OS. The number of benzene rings is 1. The second kappa shape index (κ2) is 6.91. The van der Waals surface area contributed by atoms with Gasteiger partial charge in [0, 0.05) is 35.0 Å². The maximum Gasteiger partial charge on any atom is 0.121 e. The molecule has 124 valence electrons. The van der Waals surface area contributed by atoms with E-state index in [0.29, 0.717) is 6.04 Å². The monoisotopic (exact) mass is 338 g/mol. The van der Waals surface area contributed by atoms with Crippen molar-refractivity contribution in [3.63, 3.8) is 0 Å². The molecule has 2 aromatic heterocycles. The van der Waals surface area contributed by atoms with Crippen molar-refractivity contribution < 1.29 is 4.74 Å². The molecule has 24 heavy (non-hydrogen) atoms. The molecule has 1 aliphatic rings. The Labute approximate surface area is 146 Å². The number of fused-ring (bicyclic) bond motifs is 1. The molecule has 4 heteroatoms. The van der Waals surface area contributed by atoms with Crippen LogP contribution in [-0.4, -0.2) is 18.1 Å². The van der Waals surface area contributed by atoms with Crippen LogP contribution in [0.25, 0.3) is 22.2 Å². The highest BCUT2D eigenvalue weighted by molar-refractivity contribution is 7.08. The van der Waals surface area contributed by atoms with Crippen molar-refractivity contribution in [2.75, 3.05) is 7.11 Å². The van der Waals surface area contributed by atoms with Gasteiger partial charge in [-0.15, -0.1) is 0 Å². The first-order valence-corrected chi connectivity index (χ1v) is 9.51. The van der Waals surface area contributed by atoms with Crippen molar-refractivity contribution in [2.45, 2.75) is 38.3 Å². The number of rotatable bonds is 5. The minimum Gasteiger partial charge on any atom is -0.497 e. The quantitative estimate of drug-likeness (QED) is 0.710. The molecule has 4 rings (SSSR count). The van der Waals surface area contributed by atoms with Crippen molar-refractivity contribution in [1.29, 1.82) is 0 Å². The van der Waals surface area contributed by atoms with E-state index >= 15 is 0 Å². The maximum atomic E-state index is 5.35. The van der Waals surface area contributed by atoms with Crippen LogP contribution in [0.5, 0.6) is 5.75 Å². The summed E-state index contributed by atoms with van der Waals surface area (Å²) < 4.78 is 5.35. The van der Waals surface area contributed by atoms with Crippen LogP contribution in [0.4, 0.5) is 0 Å². The molecule has 1 fully saturated rings. The SMILES string of the molecule is COc1ccc2cc(CNC3CCCC3)c(-c3ccsc3)nc2c1. The van der Waals surface area contributed by atoms with Gasteiger partial charge in [0.25, 0.3) is 0 Å². The Morgan fingerprint density at radius 3 is 2.83 bits per heavy atom. The molecule has 1 N–H and O–H groups in total. The van der Waals surface area contributed by atoms with Gasteiger partial charge in [-0.3, -0.25) is 0 Å². The largest absolute Gasteiger partial charge is 0.497 e. The molecule has 0 aliphatic heterocycles. The van der Waals surface area contributed by atoms with E-state index in [1.54, 1.807) is 18.4 Å². The molecule has 3 aromatic rings. The fourth-order valence-electron chi connectivity index (χ4n) is 3.49. The molecular weight excluding hydrogens is 316 g/mol. The van der Waals surface area contributed by atoms with Gasteiger partial charge in [0.15, 0.2) is 0 Å². The van der Waals surface area contributed by atoms with E-state index in [1.807, 2.05) is 12.1 Å². The Kier molecular flexibility index (Phi) is 4.50. The number of ether oxygens (including phenoxy) is 1. The lowest BCUT2D eigenvalue weighted by Gasteiger charge is -2.15. The summed E-state index contributed by atoms with van der Waals surface area (Å²) in [6, 6.07) is 11.2. The normalized spacial score (nSPS) is 15.2. The van der Waals surface area contributed by atoms with Gasteiger partial charge in [0.05, 0.1) is 18.3 Å². The standard InChI is InChI=1S/C20H22N2OS/c1-23-18-7-6-14-10-16(12-21-17-4-2-3-5-17)20(22-19(14)11-18)15-8-9-24-13-15/h6-11,13,17,21H,2-5,12H2,1H3. The molecule has 0 bridgehead atoms. The number of hydrogen-bond donors (Lipinski definition) is 1. The van der Waals surface area contributed by atoms with E-state index in [0.717, 1.165) is 28.9 Å². The van der Waals surface area contributed by atoms with Crippen LogP contribution in [0.1, 0.15) is 31.2 Å². The summed E-state index contributed by atoms with van der Waals surface area (Å²) >= 11 is 1.71. The third-order valence-corrected chi connectivity index (χ3v) is 5.52. The number of aromatic nitrogens is 1. The van der Waals surface area contributed by atoms with Crippen molar-refractivity contribution in [3.8, 4) is 17.0 Å². The highest BCUT2D eigenvalue weighted by Crippen LogP contribution is 2.29. The van der Waals surface area contributed by atoms with E-state index in [1.165, 1.54) is 36.8 Å². The average Bonchev–Trinajstić information content (AvgIpc) is 3.32. The molecule has 0 unspecified atom stereocenters. The molecule has 1 aromatic carbocycles. The van der Waals surface area contributed by atoms with Crippen LogP contribution in [0.15, 0.2) is 41.1 Å². The third-order valence-electron chi connectivity index (χ3n) is 4.83. The summed E-state index contributed by atoms with van der Waals surface area (Å²) in [7, 11) is 1.70. The first-order chi connectivity index (χ1) is 11.8. The summed E-state index contributed by atoms with van der Waals surface area (Å²) in [5.41, 5.74) is 4.55. The lowest BCUT2D eigenvalue weighted by molar-refractivity contribution is 0.415. The molecule has 2 heterocycles. The zero-order chi connectivity index (χ0) is 16.4. The molecule has 0 amide bonds. The van der Waals surface area contributed by atoms with Gasteiger partial charge < -0.3 is 10.1 Å². The zero-order valence-corrected chi connectivity index (χ0v) is 14.7. The van der Waals surface area contributed by atoms with E-state index in [-0.39, 0.29) is 0 Å². The fourth-order valence-corrected chi connectivity index (χ4v) is 4.13. The van der Waals surface area contributed by atoms with E-state index < -0.39 is 0 Å². The fraction of sp³-hybridized carbons (Fsp3) is 0.350. The Balaban J connectivity index is 1.73. The van der Waals surface area contributed by atoms with Crippen LogP contribution in [-0.2, 0) is 6.54 Å². The Bertz CT molecular complexity index is 823. The van der Waals surface area contributed by atoms with Gasteiger partial charge in [0.1, 0.15) is 5.75 Å². The predicted molar refractivity (Wildman–Crippen MR) is 101 cm³/mol. The van der Waals surface area contributed by atoms with Crippen molar-refractivity contribution in [3.05, 3.63) is 46.7 Å². The number of thiophene rings is 1. The number of nitrogens with one attached hydrogen (secondary N) is 1. The zero-order valence-electron chi connectivity index (χ0n) is 13.9. The Hall–Kier alpha value is -1.91. The Morgan fingerprint density at radius 1 is 1.21 bits per heavy atom. The average molecular weight is 338 g/mol. The minimum absolute atomic E-state index is 0.659. The Morgan fingerprint density at radius 2 is 2.08 bits per heavy atom. The molecule has 0 atom stereocenters. The smallest absolute Gasteiger partial charge is 0.121 e. The lowest BCUT2D eigenvalue weighted by Crippen LogP contribution is -2.25. The molecule has 1 aliphatic carbocycles. The van der Waals surface area contributed by atoms with Gasteiger partial charge in [-0.2, -0.15) is 11.3 Å². The first-order valence-electron chi connectivity index (χ1n) is 8.57. The molecule has 3 nitrogen and oxygen atoms in total. The second-order valence-electron chi connectivity index (χ2n) is 6.43. The van der Waals surface area contributed by atoms with Crippen molar-refractivity contribution in [1.82, 2.24) is 10.3 Å². The van der Waals surface area contributed by atoms with Gasteiger partial charge in [-0.25, -0.2) is 4.98 Å². The van der Waals surface area contributed by atoms with Gasteiger partial charge in [-0.1, -0.05) is 12.8 Å². The highest BCUT2D eigenvalue weighted by atomic mass is 32.1. The highest BCUT2D eigenvalue weighted by Gasteiger charge is 2.16. The first kappa shape index (κ1) is 15.6. The molecule has 0 radical (unpaired) electrons. The third kappa shape index (κ3) is 3.17. The van der Waals surface area contributed by atoms with Gasteiger partial charge in [-0.05, 0) is 48.1 Å². The second-order valence-corrected chi connectivity index (χ2v) is 7.21. The van der Waals surface area contributed by atoms with Gasteiger partial charge in [0.2, 0.25) is 0 Å². The van der Waals surface area contributed by atoms with Gasteiger partial charge >= 0.3 is 0 Å². The molecule has 0 spiro atoms. The summed E-state index contributed by atoms with van der Waals surface area (Å²) in [6.45, 7) is 0.880. The number of pyridine rings is 1. The molecule has 0 saturated heterocycles. The minimum atomic E-state index is 0.659. The van der Waals surface area contributed by atoms with Crippen molar-refractivity contribution >= 4 is 22.2 Å². The number of methoxy groups -OCH3 is 1. The summed E-state index contributed by atoms with van der Waals surface area (Å²) in [4.78, 5) is 4.96. The van der Waals surface area contributed by atoms with Crippen LogP contribution < -0.4 is 10.1 Å². The summed E-state index contributed by atoms with van der Waals surface area (Å²) in [5.74, 6) is 0.850. The van der Waals surface area contributed by atoms with E-state index in [2.05, 4.69) is 34.3 Å². The predicted octanol–water partition coefficient (Wildman–Crippen LogP) is 5.00. The van der Waals surface area contributed by atoms with Crippen LogP contribution in [0.2, 0.25) is 0 Å². The maximum absolute atomic E-state index is 5.35.